The van der Waals surface area contributed by atoms with E-state index in [1.54, 1.807) is 37.0 Å². The van der Waals surface area contributed by atoms with Gasteiger partial charge in [0.05, 0.1) is 18.0 Å². The number of carbonyl (C=O) groups excluding carboxylic acids is 1. The quantitative estimate of drug-likeness (QED) is 0.742. The van der Waals surface area contributed by atoms with Crippen molar-refractivity contribution < 1.29 is 14.3 Å². The van der Waals surface area contributed by atoms with Gasteiger partial charge in [-0.2, -0.15) is 0 Å². The number of hydrogen-bond donors (Lipinski definition) is 0. The van der Waals surface area contributed by atoms with Crippen LogP contribution in [0.5, 0.6) is 5.88 Å². The number of nitrogens with zero attached hydrogens (tertiary/aromatic N) is 4. The highest BCUT2D eigenvalue weighted by Gasteiger charge is 2.11. The zero-order valence-corrected chi connectivity index (χ0v) is 10.7. The van der Waals surface area contributed by atoms with Crippen LogP contribution in [0.25, 0.3) is 11.4 Å². The summed E-state index contributed by atoms with van der Waals surface area (Å²) in [5.74, 6) is -0.0686. The largest absolute Gasteiger partial charge is 0.465 e. The van der Waals surface area contributed by atoms with Crippen LogP contribution in [0.4, 0.5) is 0 Å². The van der Waals surface area contributed by atoms with E-state index in [1.165, 1.54) is 6.33 Å². The molecule has 0 bridgehead atoms. The smallest absolute Gasteiger partial charge is 0.344 e. The number of esters is 1. The molecule has 0 aliphatic rings. The topological polar surface area (TPSA) is 79.1 Å². The fourth-order valence-electron chi connectivity index (χ4n) is 1.53. The molecule has 0 aromatic carbocycles. The lowest BCUT2D eigenvalue weighted by Gasteiger charge is -2.01. The molecule has 2 rings (SSSR count). The van der Waals surface area contributed by atoms with Crippen LogP contribution >= 0.6 is 0 Å². The minimum atomic E-state index is -0.420. The first-order valence-electron chi connectivity index (χ1n) is 5.79. The van der Waals surface area contributed by atoms with Gasteiger partial charge in [0, 0.05) is 19.3 Å². The molecule has 0 spiro atoms. The number of rotatable bonds is 5. The number of aromatic nitrogens is 4. The molecule has 7 heteroatoms. The van der Waals surface area contributed by atoms with E-state index < -0.39 is 5.97 Å². The second kappa shape index (κ2) is 5.94. The van der Waals surface area contributed by atoms with Gasteiger partial charge in [-0.1, -0.05) is 0 Å². The molecular formula is C12H14N4O3. The Kier molecular flexibility index (Phi) is 4.07. The molecule has 0 radical (unpaired) electrons. The van der Waals surface area contributed by atoms with Crippen molar-refractivity contribution in [3.63, 3.8) is 0 Å². The molecule has 19 heavy (non-hydrogen) atoms. The molecule has 0 amide bonds. The minimum Gasteiger partial charge on any atom is -0.465 e. The van der Waals surface area contributed by atoms with E-state index in [4.69, 9.17) is 9.47 Å². The van der Waals surface area contributed by atoms with Gasteiger partial charge in [0.25, 0.3) is 0 Å². The number of hydrogen-bond acceptors (Lipinski definition) is 6. The zero-order valence-electron chi connectivity index (χ0n) is 10.7. The van der Waals surface area contributed by atoms with Crippen molar-refractivity contribution in [1.82, 2.24) is 19.7 Å². The van der Waals surface area contributed by atoms with Crippen molar-refractivity contribution in [2.24, 2.45) is 7.05 Å². The maximum atomic E-state index is 11.2. The summed E-state index contributed by atoms with van der Waals surface area (Å²) in [5.41, 5.74) is 1.51. The Labute approximate surface area is 110 Å². The third-order valence-corrected chi connectivity index (χ3v) is 2.35. The van der Waals surface area contributed by atoms with Gasteiger partial charge < -0.3 is 9.47 Å². The maximum absolute atomic E-state index is 11.2. The molecule has 2 aromatic rings. The third-order valence-electron chi connectivity index (χ3n) is 2.35. The summed E-state index contributed by atoms with van der Waals surface area (Å²) in [5, 5.41) is 4.15. The average molecular weight is 262 g/mol. The summed E-state index contributed by atoms with van der Waals surface area (Å²) in [7, 11) is 1.77. The summed E-state index contributed by atoms with van der Waals surface area (Å²) in [6.07, 6.45) is 3.11. The van der Waals surface area contributed by atoms with Gasteiger partial charge in [0.1, 0.15) is 6.33 Å². The van der Waals surface area contributed by atoms with Crippen LogP contribution in [0.1, 0.15) is 6.92 Å². The molecule has 7 nitrogen and oxygen atoms in total. The highest BCUT2D eigenvalue weighted by molar-refractivity contribution is 5.71. The summed E-state index contributed by atoms with van der Waals surface area (Å²) in [4.78, 5) is 19.2. The Morgan fingerprint density at radius 2 is 2.32 bits per heavy atom. The van der Waals surface area contributed by atoms with Crippen molar-refractivity contribution in [2.75, 3.05) is 13.2 Å². The lowest BCUT2D eigenvalue weighted by molar-refractivity contribution is -0.145. The van der Waals surface area contributed by atoms with Crippen LogP contribution in [-0.2, 0) is 16.6 Å². The van der Waals surface area contributed by atoms with Crippen LogP contribution in [0.3, 0.4) is 0 Å². The lowest BCUT2D eigenvalue weighted by atomic mass is 10.3. The highest BCUT2D eigenvalue weighted by atomic mass is 16.6. The molecule has 0 saturated heterocycles. The molecular weight excluding hydrogens is 248 g/mol. The molecule has 0 fully saturated rings. The van der Waals surface area contributed by atoms with E-state index >= 15 is 0 Å². The van der Waals surface area contributed by atoms with Gasteiger partial charge in [0.15, 0.2) is 6.61 Å². The second-order valence-corrected chi connectivity index (χ2v) is 3.68. The Bertz CT molecular complexity index is 553. The van der Waals surface area contributed by atoms with Crippen LogP contribution in [-0.4, -0.2) is 38.9 Å². The van der Waals surface area contributed by atoms with Crippen molar-refractivity contribution in [3.8, 4) is 17.3 Å². The van der Waals surface area contributed by atoms with E-state index in [0.29, 0.717) is 12.5 Å². The Morgan fingerprint density at radius 3 is 3.00 bits per heavy atom. The molecule has 100 valence electrons. The fraction of sp³-hybridized carbons (Fsp3) is 0.333. The van der Waals surface area contributed by atoms with Gasteiger partial charge in [-0.3, -0.25) is 4.68 Å². The molecule has 0 unspecified atom stereocenters. The van der Waals surface area contributed by atoms with Gasteiger partial charge in [-0.05, 0) is 13.0 Å². The average Bonchev–Trinajstić information content (AvgIpc) is 2.79. The van der Waals surface area contributed by atoms with Gasteiger partial charge >= 0.3 is 5.97 Å². The van der Waals surface area contributed by atoms with E-state index in [0.717, 1.165) is 11.4 Å². The third kappa shape index (κ3) is 3.27. The Morgan fingerprint density at radius 1 is 1.47 bits per heavy atom. The molecule has 0 atom stereocenters. The summed E-state index contributed by atoms with van der Waals surface area (Å²) < 4.78 is 11.6. The van der Waals surface area contributed by atoms with Crippen LogP contribution in [0, 0.1) is 0 Å². The molecule has 0 aliphatic carbocycles. The van der Waals surface area contributed by atoms with E-state index in [9.17, 15) is 4.79 Å². The van der Waals surface area contributed by atoms with Gasteiger partial charge in [-0.15, -0.1) is 5.10 Å². The number of ether oxygens (including phenoxy) is 2. The van der Waals surface area contributed by atoms with Crippen molar-refractivity contribution in [1.29, 1.82) is 0 Å². The van der Waals surface area contributed by atoms with Crippen LogP contribution < -0.4 is 4.74 Å². The molecule has 0 aliphatic heterocycles. The standard InChI is InChI=1S/C12H14N4O3/c1-3-18-12(17)7-19-11-6-10(16(2)15-11)9-4-5-13-8-14-9/h4-6,8H,3,7H2,1-2H3. The molecule has 2 heterocycles. The minimum absolute atomic E-state index is 0.159. The normalized spacial score (nSPS) is 10.2. The summed E-state index contributed by atoms with van der Waals surface area (Å²) in [6, 6.07) is 3.48. The Balaban J connectivity index is 2.07. The van der Waals surface area contributed by atoms with Crippen molar-refractivity contribution in [3.05, 3.63) is 24.7 Å². The fourth-order valence-corrected chi connectivity index (χ4v) is 1.53. The first-order chi connectivity index (χ1) is 9.20. The Hall–Kier alpha value is -2.44. The monoisotopic (exact) mass is 262 g/mol. The molecule has 2 aromatic heterocycles. The number of carbonyl (C=O) groups is 1. The first kappa shape index (κ1) is 13.0. The van der Waals surface area contributed by atoms with Crippen LogP contribution in [0.2, 0.25) is 0 Å². The SMILES string of the molecule is CCOC(=O)COc1cc(-c2ccncn2)n(C)n1. The zero-order chi connectivity index (χ0) is 13.7. The highest BCUT2D eigenvalue weighted by Crippen LogP contribution is 2.20. The van der Waals surface area contributed by atoms with Crippen molar-refractivity contribution >= 4 is 5.97 Å². The van der Waals surface area contributed by atoms with E-state index in [-0.39, 0.29) is 6.61 Å². The van der Waals surface area contributed by atoms with Crippen LogP contribution in [0.15, 0.2) is 24.7 Å². The van der Waals surface area contributed by atoms with Gasteiger partial charge in [0.2, 0.25) is 5.88 Å². The predicted molar refractivity (Wildman–Crippen MR) is 66.4 cm³/mol. The molecule has 0 saturated carbocycles. The number of aryl methyl sites for hydroxylation is 1. The van der Waals surface area contributed by atoms with E-state index in [1.807, 2.05) is 0 Å². The lowest BCUT2D eigenvalue weighted by Crippen LogP contribution is -2.14. The van der Waals surface area contributed by atoms with Crippen molar-refractivity contribution in [2.45, 2.75) is 6.92 Å². The second-order valence-electron chi connectivity index (χ2n) is 3.68. The summed E-state index contributed by atoms with van der Waals surface area (Å²) >= 11 is 0. The predicted octanol–water partition coefficient (Wildman–Crippen LogP) is 0.819. The van der Waals surface area contributed by atoms with Gasteiger partial charge in [-0.25, -0.2) is 14.8 Å². The summed E-state index contributed by atoms with van der Waals surface area (Å²) in [6.45, 7) is 1.91. The first-order valence-corrected chi connectivity index (χ1v) is 5.79. The maximum Gasteiger partial charge on any atom is 0.344 e. The molecule has 0 N–H and O–H groups in total. The van der Waals surface area contributed by atoms with E-state index in [2.05, 4.69) is 15.1 Å².